The number of likely N-dealkylation sites (N-methyl/N-ethyl adjacent to an activating group) is 1. The van der Waals surface area contributed by atoms with Gasteiger partial charge in [-0.1, -0.05) is 0 Å². The Morgan fingerprint density at radius 3 is 2.76 bits per heavy atom. The van der Waals surface area contributed by atoms with E-state index in [2.05, 4.69) is 26.2 Å². The van der Waals surface area contributed by atoms with Crippen molar-refractivity contribution in [3.05, 3.63) is 52.1 Å². The average molecular weight is 295 g/mol. The Hall–Kier alpha value is -1.13. The highest BCUT2D eigenvalue weighted by Crippen LogP contribution is 2.22. The number of aryl methyl sites for hydroxylation is 1. The summed E-state index contributed by atoms with van der Waals surface area (Å²) in [5.74, 6) is 0.960. The highest BCUT2D eigenvalue weighted by molar-refractivity contribution is 9.10. The van der Waals surface area contributed by atoms with Gasteiger partial charge in [0.15, 0.2) is 0 Å². The Morgan fingerprint density at radius 1 is 1.41 bits per heavy atom. The van der Waals surface area contributed by atoms with Crippen LogP contribution < -0.4 is 5.32 Å². The third-order valence-electron chi connectivity index (χ3n) is 2.82. The van der Waals surface area contributed by atoms with Crippen molar-refractivity contribution in [1.29, 1.82) is 0 Å². The molecule has 0 amide bonds. The lowest BCUT2D eigenvalue weighted by Crippen LogP contribution is -2.19. The van der Waals surface area contributed by atoms with Crippen LogP contribution in [-0.4, -0.2) is 12.0 Å². The van der Waals surface area contributed by atoms with Crippen molar-refractivity contribution in [2.24, 2.45) is 0 Å². The number of halogens is 1. The number of rotatable bonds is 4. The van der Waals surface area contributed by atoms with E-state index in [4.69, 9.17) is 4.42 Å². The van der Waals surface area contributed by atoms with Gasteiger partial charge in [0.2, 0.25) is 0 Å². The number of aromatic nitrogens is 1. The van der Waals surface area contributed by atoms with Crippen LogP contribution in [0.25, 0.3) is 0 Å². The number of hydrogen-bond acceptors (Lipinski definition) is 3. The van der Waals surface area contributed by atoms with E-state index in [0.29, 0.717) is 0 Å². The average Bonchev–Trinajstić information content (AvgIpc) is 2.75. The fourth-order valence-corrected chi connectivity index (χ4v) is 2.09. The van der Waals surface area contributed by atoms with E-state index < -0.39 is 0 Å². The number of hydrogen-bond donors (Lipinski definition) is 1. The second kappa shape index (κ2) is 5.47. The van der Waals surface area contributed by atoms with Crippen LogP contribution in [-0.2, 0) is 6.42 Å². The predicted octanol–water partition coefficient (Wildman–Crippen LogP) is 3.25. The first-order valence-corrected chi connectivity index (χ1v) is 6.31. The van der Waals surface area contributed by atoms with E-state index in [-0.39, 0.29) is 6.04 Å². The summed E-state index contributed by atoms with van der Waals surface area (Å²) in [6.07, 6.45) is 4.40. The van der Waals surface area contributed by atoms with Crippen molar-refractivity contribution in [1.82, 2.24) is 10.3 Å². The van der Waals surface area contributed by atoms with E-state index in [9.17, 15) is 0 Å². The Labute approximate surface area is 109 Å². The molecule has 0 aliphatic carbocycles. The number of nitrogens with one attached hydrogen (secondary N) is 1. The molecule has 90 valence electrons. The van der Waals surface area contributed by atoms with Gasteiger partial charge in [-0.2, -0.15) is 0 Å². The summed E-state index contributed by atoms with van der Waals surface area (Å²) < 4.78 is 6.34. The van der Waals surface area contributed by atoms with E-state index in [1.54, 1.807) is 6.26 Å². The van der Waals surface area contributed by atoms with Gasteiger partial charge < -0.3 is 9.73 Å². The van der Waals surface area contributed by atoms with Gasteiger partial charge in [0, 0.05) is 34.4 Å². The molecule has 0 fully saturated rings. The maximum atomic E-state index is 5.34. The third-order valence-corrected chi connectivity index (χ3v) is 3.29. The molecule has 2 heterocycles. The van der Waals surface area contributed by atoms with Crippen LogP contribution in [0.1, 0.15) is 23.1 Å². The van der Waals surface area contributed by atoms with Crippen molar-refractivity contribution in [2.75, 3.05) is 7.05 Å². The topological polar surface area (TPSA) is 38.1 Å². The summed E-state index contributed by atoms with van der Waals surface area (Å²) >= 11 is 3.39. The minimum absolute atomic E-state index is 0.238. The Morgan fingerprint density at radius 2 is 2.24 bits per heavy atom. The summed E-state index contributed by atoms with van der Waals surface area (Å²) in [5, 5.41) is 3.30. The molecule has 0 bridgehead atoms. The number of furan rings is 1. The summed E-state index contributed by atoms with van der Waals surface area (Å²) in [5.41, 5.74) is 2.25. The normalized spacial score (nSPS) is 12.6. The van der Waals surface area contributed by atoms with E-state index in [1.807, 2.05) is 38.4 Å². The fourth-order valence-electron chi connectivity index (χ4n) is 1.86. The standard InChI is InChI=1S/C13H15BrN2O/c1-9-12(5-6-17-9)13(15-2)7-11-4-3-10(14)8-16-11/h3-6,8,13,15H,7H2,1-2H3. The van der Waals surface area contributed by atoms with Gasteiger partial charge in [-0.05, 0) is 48.1 Å². The van der Waals surface area contributed by atoms with Crippen LogP contribution in [0.15, 0.2) is 39.5 Å². The molecule has 0 saturated heterocycles. The molecule has 17 heavy (non-hydrogen) atoms. The molecular weight excluding hydrogens is 280 g/mol. The molecule has 0 saturated carbocycles. The molecule has 0 aromatic carbocycles. The minimum Gasteiger partial charge on any atom is -0.469 e. The van der Waals surface area contributed by atoms with E-state index in [0.717, 1.165) is 22.3 Å². The molecule has 0 aliphatic heterocycles. The second-order valence-electron chi connectivity index (χ2n) is 3.95. The lowest BCUT2D eigenvalue weighted by atomic mass is 10.0. The smallest absolute Gasteiger partial charge is 0.105 e. The highest BCUT2D eigenvalue weighted by atomic mass is 79.9. The molecule has 0 radical (unpaired) electrons. The zero-order valence-corrected chi connectivity index (χ0v) is 11.5. The Balaban J connectivity index is 2.16. The summed E-state index contributed by atoms with van der Waals surface area (Å²) in [6.45, 7) is 1.98. The van der Waals surface area contributed by atoms with E-state index >= 15 is 0 Å². The Bertz CT molecular complexity index is 478. The number of pyridine rings is 1. The van der Waals surface area contributed by atoms with Gasteiger partial charge in [-0.3, -0.25) is 4.98 Å². The summed E-state index contributed by atoms with van der Waals surface area (Å²) in [4.78, 5) is 4.39. The molecule has 1 unspecified atom stereocenters. The van der Waals surface area contributed by atoms with Crippen LogP contribution in [0.3, 0.4) is 0 Å². The molecule has 2 rings (SSSR count). The first-order valence-electron chi connectivity index (χ1n) is 5.52. The first kappa shape index (κ1) is 12.3. The largest absolute Gasteiger partial charge is 0.469 e. The maximum Gasteiger partial charge on any atom is 0.105 e. The monoisotopic (exact) mass is 294 g/mol. The van der Waals surface area contributed by atoms with Crippen molar-refractivity contribution in [2.45, 2.75) is 19.4 Å². The molecule has 0 spiro atoms. The molecule has 3 nitrogen and oxygen atoms in total. The highest BCUT2D eigenvalue weighted by Gasteiger charge is 2.14. The minimum atomic E-state index is 0.238. The van der Waals surface area contributed by atoms with Crippen molar-refractivity contribution >= 4 is 15.9 Å². The van der Waals surface area contributed by atoms with E-state index in [1.165, 1.54) is 5.56 Å². The van der Waals surface area contributed by atoms with Crippen LogP contribution in [0.4, 0.5) is 0 Å². The summed E-state index contributed by atoms with van der Waals surface area (Å²) in [6, 6.07) is 6.29. The third kappa shape index (κ3) is 2.96. The molecule has 4 heteroatoms. The van der Waals surface area contributed by atoms with Gasteiger partial charge >= 0.3 is 0 Å². The molecule has 2 aromatic heterocycles. The zero-order valence-electron chi connectivity index (χ0n) is 9.90. The van der Waals surface area contributed by atoms with Crippen molar-refractivity contribution in [3.8, 4) is 0 Å². The van der Waals surface area contributed by atoms with Crippen molar-refractivity contribution < 1.29 is 4.42 Å². The lowest BCUT2D eigenvalue weighted by molar-refractivity contribution is 0.510. The quantitative estimate of drug-likeness (QED) is 0.941. The molecule has 0 aliphatic rings. The first-order chi connectivity index (χ1) is 8.20. The fraction of sp³-hybridized carbons (Fsp3) is 0.308. The lowest BCUT2D eigenvalue weighted by Gasteiger charge is -2.15. The van der Waals surface area contributed by atoms with Gasteiger partial charge in [-0.25, -0.2) is 0 Å². The molecule has 1 atom stereocenters. The van der Waals surface area contributed by atoms with Gasteiger partial charge in [0.1, 0.15) is 5.76 Å². The predicted molar refractivity (Wildman–Crippen MR) is 70.9 cm³/mol. The van der Waals surface area contributed by atoms with Gasteiger partial charge in [0.05, 0.1) is 6.26 Å². The van der Waals surface area contributed by atoms with Crippen LogP contribution in [0.2, 0.25) is 0 Å². The van der Waals surface area contributed by atoms with Gasteiger partial charge in [-0.15, -0.1) is 0 Å². The second-order valence-corrected chi connectivity index (χ2v) is 4.86. The molecule has 1 N–H and O–H groups in total. The van der Waals surface area contributed by atoms with Crippen LogP contribution in [0.5, 0.6) is 0 Å². The van der Waals surface area contributed by atoms with Crippen LogP contribution >= 0.6 is 15.9 Å². The Kier molecular flexibility index (Phi) is 3.97. The SMILES string of the molecule is CNC(Cc1ccc(Br)cn1)c1ccoc1C. The van der Waals surface area contributed by atoms with Crippen molar-refractivity contribution in [3.63, 3.8) is 0 Å². The molecular formula is C13H15BrN2O. The maximum absolute atomic E-state index is 5.34. The van der Waals surface area contributed by atoms with Crippen LogP contribution in [0, 0.1) is 6.92 Å². The zero-order chi connectivity index (χ0) is 12.3. The number of nitrogens with zero attached hydrogens (tertiary/aromatic N) is 1. The summed E-state index contributed by atoms with van der Waals surface area (Å²) in [7, 11) is 1.95. The molecule has 2 aromatic rings. The van der Waals surface area contributed by atoms with Gasteiger partial charge in [0.25, 0.3) is 0 Å².